The minimum absolute atomic E-state index is 0.685. The number of hydrogen-bond acceptors (Lipinski definition) is 3. The zero-order valence-corrected chi connectivity index (χ0v) is 31.6. The second kappa shape index (κ2) is 13.0. The summed E-state index contributed by atoms with van der Waals surface area (Å²) in [6.45, 7) is 0. The van der Waals surface area contributed by atoms with Gasteiger partial charge in [0.15, 0.2) is 11.4 Å². The number of allylic oxidation sites excluding steroid dienone is 1. The van der Waals surface area contributed by atoms with Gasteiger partial charge in [-0.2, -0.15) is 0 Å². The molecule has 1 aliphatic rings. The van der Waals surface area contributed by atoms with E-state index in [0.29, 0.717) is 12.3 Å². The number of rotatable bonds is 4. The number of hydrogen-bond donors (Lipinski definition) is 0. The molecule has 0 spiro atoms. The number of nitrogens with zero attached hydrogens (tertiary/aromatic N) is 3. The zero-order valence-electron chi connectivity index (χ0n) is 31.6. The third kappa shape index (κ3) is 5.15. The van der Waals surface area contributed by atoms with Crippen molar-refractivity contribution in [2.24, 2.45) is 9.98 Å². The SMILES string of the molecule is C1=C(c2cccc3ccccc23)N=C(c2ccccc2)N=C(c2ccc3c(oc4cc5ccccc5cc43)c2-n2c3ccccc3c3cc4ccccc4cc32)CC1. The maximum Gasteiger partial charge on any atom is 0.160 e. The summed E-state index contributed by atoms with van der Waals surface area (Å²) >= 11 is 0. The summed E-state index contributed by atoms with van der Waals surface area (Å²) in [4.78, 5) is 11.0. The highest BCUT2D eigenvalue weighted by molar-refractivity contribution is 6.22. The van der Waals surface area contributed by atoms with Crippen LogP contribution in [0.4, 0.5) is 0 Å². The van der Waals surface area contributed by atoms with Crippen molar-refractivity contribution in [3.05, 3.63) is 205 Å². The highest BCUT2D eigenvalue weighted by Gasteiger charge is 2.25. The van der Waals surface area contributed by atoms with Crippen molar-refractivity contribution in [1.82, 2.24) is 4.57 Å². The van der Waals surface area contributed by atoms with Gasteiger partial charge in [-0.25, -0.2) is 9.98 Å². The van der Waals surface area contributed by atoms with Crippen molar-refractivity contribution in [3.63, 3.8) is 0 Å². The fourth-order valence-electron chi connectivity index (χ4n) is 9.11. The Morgan fingerprint density at radius 2 is 1.10 bits per heavy atom. The van der Waals surface area contributed by atoms with Crippen LogP contribution in [0.5, 0.6) is 0 Å². The second-order valence-electron chi connectivity index (χ2n) is 15.2. The molecule has 58 heavy (non-hydrogen) atoms. The monoisotopic (exact) mass is 741 g/mol. The van der Waals surface area contributed by atoms with E-state index in [1.807, 2.05) is 6.07 Å². The predicted octanol–water partition coefficient (Wildman–Crippen LogP) is 14.2. The van der Waals surface area contributed by atoms with E-state index in [4.69, 9.17) is 14.4 Å². The number of fused-ring (bicyclic) bond motifs is 9. The van der Waals surface area contributed by atoms with E-state index < -0.39 is 0 Å². The van der Waals surface area contributed by atoms with Crippen molar-refractivity contribution in [3.8, 4) is 5.69 Å². The third-order valence-corrected chi connectivity index (χ3v) is 11.8. The molecular weight excluding hydrogens is 707 g/mol. The molecule has 3 heterocycles. The standard InChI is InChI=1S/C54H35N3O/c1-2-15-35(16-3-1)54-55-47(41-24-12-21-34-14-8-9-22-40(34)41)25-13-26-48(56-54)44-29-28-43-46-31-37-18-5-7-20-39(37)33-51(46)58-53(43)52(44)57-49-27-11-10-23-42(49)45-30-36-17-4-6-19-38(36)32-50(45)57/h1-12,14-25,27-33H,13,26H2. The van der Waals surface area contributed by atoms with Gasteiger partial charge >= 0.3 is 0 Å². The van der Waals surface area contributed by atoms with Crippen LogP contribution in [0.2, 0.25) is 0 Å². The molecule has 4 heteroatoms. The fraction of sp³-hybridized carbons (Fsp3) is 0.0370. The first-order valence-corrected chi connectivity index (χ1v) is 20.0. The lowest BCUT2D eigenvalue weighted by Gasteiger charge is -2.18. The van der Waals surface area contributed by atoms with Crippen LogP contribution in [0.3, 0.4) is 0 Å². The van der Waals surface area contributed by atoms with Gasteiger partial charge < -0.3 is 8.98 Å². The van der Waals surface area contributed by atoms with Gasteiger partial charge in [-0.05, 0) is 81.6 Å². The van der Waals surface area contributed by atoms with E-state index >= 15 is 0 Å². The number of aliphatic imine (C=N–C) groups is 2. The lowest BCUT2D eigenvalue weighted by Crippen LogP contribution is -2.12. The average molecular weight is 742 g/mol. The van der Waals surface area contributed by atoms with E-state index in [9.17, 15) is 0 Å². The summed E-state index contributed by atoms with van der Waals surface area (Å²) in [7, 11) is 0. The largest absolute Gasteiger partial charge is 0.454 e. The van der Waals surface area contributed by atoms with Crippen LogP contribution in [-0.2, 0) is 0 Å². The first-order valence-electron chi connectivity index (χ1n) is 20.0. The molecule has 2 aromatic heterocycles. The number of benzene rings is 9. The van der Waals surface area contributed by atoms with Gasteiger partial charge in [0.2, 0.25) is 0 Å². The molecule has 0 aliphatic carbocycles. The smallest absolute Gasteiger partial charge is 0.160 e. The maximum absolute atomic E-state index is 7.10. The maximum atomic E-state index is 7.10. The molecule has 1 aliphatic heterocycles. The van der Waals surface area contributed by atoms with Gasteiger partial charge in [0.1, 0.15) is 5.58 Å². The van der Waals surface area contributed by atoms with E-state index in [0.717, 1.165) is 78.6 Å². The molecule has 0 saturated heterocycles. The predicted molar refractivity (Wildman–Crippen MR) is 244 cm³/mol. The molecule has 12 rings (SSSR count). The molecule has 0 unspecified atom stereocenters. The van der Waals surface area contributed by atoms with E-state index in [1.165, 1.54) is 37.7 Å². The first-order chi connectivity index (χ1) is 28.7. The summed E-state index contributed by atoms with van der Waals surface area (Å²) < 4.78 is 9.52. The molecule has 0 fully saturated rings. The van der Waals surface area contributed by atoms with Crippen molar-refractivity contribution in [1.29, 1.82) is 0 Å². The van der Waals surface area contributed by atoms with Gasteiger partial charge in [0, 0.05) is 38.2 Å². The molecule has 0 saturated carbocycles. The Morgan fingerprint density at radius 1 is 0.448 bits per heavy atom. The lowest BCUT2D eigenvalue weighted by molar-refractivity contribution is 0.666. The van der Waals surface area contributed by atoms with Gasteiger partial charge in [0.25, 0.3) is 0 Å². The molecule has 0 N–H and O–H groups in total. The molecule has 4 nitrogen and oxygen atoms in total. The molecular formula is C54H35N3O. The van der Waals surface area contributed by atoms with Crippen LogP contribution < -0.4 is 0 Å². The number of aromatic nitrogens is 1. The summed E-state index contributed by atoms with van der Waals surface area (Å²) in [5, 5.41) is 11.7. The van der Waals surface area contributed by atoms with Crippen LogP contribution in [0.25, 0.3) is 87.4 Å². The van der Waals surface area contributed by atoms with Gasteiger partial charge in [-0.15, -0.1) is 0 Å². The van der Waals surface area contributed by atoms with Crippen LogP contribution in [0.1, 0.15) is 29.5 Å². The minimum Gasteiger partial charge on any atom is -0.454 e. The van der Waals surface area contributed by atoms with Crippen LogP contribution in [0.15, 0.2) is 202 Å². The highest BCUT2D eigenvalue weighted by atomic mass is 16.3. The Hall–Kier alpha value is -7.56. The van der Waals surface area contributed by atoms with Crippen LogP contribution in [-0.4, -0.2) is 16.1 Å². The summed E-state index contributed by atoms with van der Waals surface area (Å²) in [5.74, 6) is 0.685. The third-order valence-electron chi connectivity index (χ3n) is 11.8. The van der Waals surface area contributed by atoms with E-state index in [1.54, 1.807) is 0 Å². The summed E-state index contributed by atoms with van der Waals surface area (Å²) in [6.07, 6.45) is 3.77. The number of furan rings is 1. The Balaban J connectivity index is 1.17. The number of amidine groups is 1. The topological polar surface area (TPSA) is 42.8 Å². The quantitative estimate of drug-likeness (QED) is 0.177. The minimum atomic E-state index is 0.685. The molecule has 0 atom stereocenters. The Kier molecular flexibility index (Phi) is 7.32. The number of para-hydroxylation sites is 1. The highest BCUT2D eigenvalue weighted by Crippen LogP contribution is 2.42. The molecule has 11 aromatic rings. The Bertz CT molecular complexity index is 3560. The molecule has 0 radical (unpaired) electrons. The average Bonchev–Trinajstić information content (AvgIpc) is 3.79. The second-order valence-corrected chi connectivity index (χ2v) is 15.2. The summed E-state index contributed by atoms with van der Waals surface area (Å²) in [5.41, 5.74) is 9.95. The lowest BCUT2D eigenvalue weighted by atomic mass is 9.97. The summed E-state index contributed by atoms with van der Waals surface area (Å²) in [6, 6.07) is 64.9. The Morgan fingerprint density at radius 3 is 1.91 bits per heavy atom. The van der Waals surface area contributed by atoms with Crippen LogP contribution in [0, 0.1) is 0 Å². The molecule has 0 amide bonds. The molecule has 9 aromatic carbocycles. The van der Waals surface area contributed by atoms with Crippen molar-refractivity contribution in [2.45, 2.75) is 12.8 Å². The van der Waals surface area contributed by atoms with Gasteiger partial charge in [-0.1, -0.05) is 152 Å². The van der Waals surface area contributed by atoms with Crippen molar-refractivity contribution in [2.75, 3.05) is 0 Å². The normalized spacial score (nSPS) is 13.7. The van der Waals surface area contributed by atoms with Crippen molar-refractivity contribution < 1.29 is 4.42 Å². The van der Waals surface area contributed by atoms with Gasteiger partial charge in [-0.3, -0.25) is 0 Å². The van der Waals surface area contributed by atoms with Crippen molar-refractivity contribution >= 4 is 93.3 Å². The van der Waals surface area contributed by atoms with E-state index in [2.05, 4.69) is 187 Å². The van der Waals surface area contributed by atoms with Crippen LogP contribution >= 0.6 is 0 Å². The Labute approximate surface area is 334 Å². The first kappa shape index (κ1) is 32.7. The fourth-order valence-corrected chi connectivity index (χ4v) is 9.11. The molecule has 272 valence electrons. The molecule has 0 bridgehead atoms. The van der Waals surface area contributed by atoms with E-state index in [-0.39, 0.29) is 0 Å². The zero-order chi connectivity index (χ0) is 38.2. The van der Waals surface area contributed by atoms with Gasteiger partial charge in [0.05, 0.1) is 28.1 Å².